The average Bonchev–Trinajstić information content (AvgIpc) is 2.92. The second kappa shape index (κ2) is 6.38. The maximum Gasteiger partial charge on any atom is 0.146 e. The van der Waals surface area contributed by atoms with E-state index >= 15 is 0 Å². The average molecular weight is 260 g/mol. The molecule has 1 atom stereocenters. The van der Waals surface area contributed by atoms with Crippen molar-refractivity contribution < 1.29 is 9.84 Å². The van der Waals surface area contributed by atoms with Crippen molar-refractivity contribution in [3.05, 3.63) is 48.0 Å². The molecule has 0 bridgehead atoms. The second-order valence-corrected chi connectivity index (χ2v) is 4.38. The lowest BCUT2D eigenvalue weighted by molar-refractivity contribution is 0.165. The molecule has 0 aliphatic carbocycles. The van der Waals surface area contributed by atoms with Crippen LogP contribution in [-0.4, -0.2) is 14.7 Å². The summed E-state index contributed by atoms with van der Waals surface area (Å²) < 4.78 is 7.84. The van der Waals surface area contributed by atoms with Crippen LogP contribution in [0.25, 0.3) is 0 Å². The van der Waals surface area contributed by atoms with Crippen LogP contribution in [0.4, 0.5) is 0 Å². The lowest BCUT2D eigenvalue weighted by Gasteiger charge is -2.15. The highest BCUT2D eigenvalue weighted by Crippen LogP contribution is 2.27. The Hall–Kier alpha value is -1.81. The minimum absolute atomic E-state index is 0.411. The number of aliphatic hydroxyl groups is 1. The van der Waals surface area contributed by atoms with Gasteiger partial charge in [-0.2, -0.15) is 0 Å². The minimum atomic E-state index is -0.484. The summed E-state index contributed by atoms with van der Waals surface area (Å²) in [4.78, 5) is 4.27. The van der Waals surface area contributed by atoms with Gasteiger partial charge in [0.15, 0.2) is 0 Å². The maximum absolute atomic E-state index is 9.97. The van der Waals surface area contributed by atoms with Gasteiger partial charge >= 0.3 is 0 Å². The third-order valence-corrected chi connectivity index (χ3v) is 3.16. The molecule has 1 aromatic heterocycles. The standard InChI is InChI=1S/C15H20N2O2/c1-3-13(18)12-7-5-6-8-14(12)19-11-15-16-9-10-17(15)4-2/h5-10,13,18H,3-4,11H2,1-2H3. The van der Waals surface area contributed by atoms with Gasteiger partial charge in [-0.25, -0.2) is 4.98 Å². The van der Waals surface area contributed by atoms with Gasteiger partial charge in [0.05, 0.1) is 6.10 Å². The molecule has 0 spiro atoms. The van der Waals surface area contributed by atoms with Gasteiger partial charge in [0, 0.05) is 24.5 Å². The molecule has 4 heteroatoms. The molecule has 0 radical (unpaired) electrons. The van der Waals surface area contributed by atoms with Crippen molar-refractivity contribution in [2.75, 3.05) is 0 Å². The van der Waals surface area contributed by atoms with Gasteiger partial charge in [-0.1, -0.05) is 25.1 Å². The molecule has 2 rings (SSSR count). The first kappa shape index (κ1) is 13.6. The molecule has 102 valence electrons. The van der Waals surface area contributed by atoms with Crippen LogP contribution in [0.5, 0.6) is 5.75 Å². The van der Waals surface area contributed by atoms with Gasteiger partial charge in [-0.3, -0.25) is 0 Å². The van der Waals surface area contributed by atoms with E-state index < -0.39 is 6.10 Å². The Balaban J connectivity index is 2.11. The van der Waals surface area contributed by atoms with E-state index in [9.17, 15) is 5.11 Å². The summed E-state index contributed by atoms with van der Waals surface area (Å²) in [5, 5.41) is 9.97. The first-order chi connectivity index (χ1) is 9.26. The Morgan fingerprint density at radius 1 is 1.32 bits per heavy atom. The quantitative estimate of drug-likeness (QED) is 0.868. The Morgan fingerprint density at radius 3 is 2.84 bits per heavy atom. The summed E-state index contributed by atoms with van der Waals surface area (Å²) in [5.74, 6) is 1.62. The zero-order valence-electron chi connectivity index (χ0n) is 11.4. The summed E-state index contributed by atoms with van der Waals surface area (Å²) in [6.07, 6.45) is 3.90. The fraction of sp³-hybridized carbons (Fsp3) is 0.400. The first-order valence-corrected chi connectivity index (χ1v) is 6.66. The van der Waals surface area contributed by atoms with Crippen molar-refractivity contribution in [1.82, 2.24) is 9.55 Å². The van der Waals surface area contributed by atoms with Gasteiger partial charge in [-0.05, 0) is 19.4 Å². The van der Waals surface area contributed by atoms with E-state index in [0.717, 1.165) is 23.7 Å². The lowest BCUT2D eigenvalue weighted by Crippen LogP contribution is -2.07. The first-order valence-electron chi connectivity index (χ1n) is 6.66. The minimum Gasteiger partial charge on any atom is -0.485 e. The summed E-state index contributed by atoms with van der Waals surface area (Å²) in [5.41, 5.74) is 0.833. The number of ether oxygens (including phenoxy) is 1. The van der Waals surface area contributed by atoms with Gasteiger partial charge in [0.25, 0.3) is 0 Å². The lowest BCUT2D eigenvalue weighted by atomic mass is 10.1. The third kappa shape index (κ3) is 3.15. The topological polar surface area (TPSA) is 47.3 Å². The van der Waals surface area contributed by atoms with E-state index in [1.54, 1.807) is 6.20 Å². The molecule has 4 nitrogen and oxygen atoms in total. The van der Waals surface area contributed by atoms with Crippen LogP contribution in [0.15, 0.2) is 36.7 Å². The van der Waals surface area contributed by atoms with E-state index in [2.05, 4.69) is 11.9 Å². The van der Waals surface area contributed by atoms with Gasteiger partial charge in [0.2, 0.25) is 0 Å². The SMILES string of the molecule is CCC(O)c1ccccc1OCc1nccn1CC. The van der Waals surface area contributed by atoms with E-state index in [4.69, 9.17) is 4.74 Å². The highest BCUT2D eigenvalue weighted by molar-refractivity contribution is 5.35. The highest BCUT2D eigenvalue weighted by Gasteiger charge is 2.11. The largest absolute Gasteiger partial charge is 0.485 e. The Labute approximate surface area is 113 Å². The van der Waals surface area contributed by atoms with E-state index in [1.807, 2.05) is 42.0 Å². The van der Waals surface area contributed by atoms with E-state index in [1.165, 1.54) is 0 Å². The van der Waals surface area contributed by atoms with E-state index in [-0.39, 0.29) is 0 Å². The molecule has 1 N–H and O–H groups in total. The molecular weight excluding hydrogens is 240 g/mol. The van der Waals surface area contributed by atoms with Crippen molar-refractivity contribution in [2.45, 2.75) is 39.5 Å². The number of aromatic nitrogens is 2. The molecule has 0 saturated carbocycles. The molecule has 0 amide bonds. The zero-order chi connectivity index (χ0) is 13.7. The number of imidazole rings is 1. The summed E-state index contributed by atoms with van der Waals surface area (Å²) in [7, 11) is 0. The number of nitrogens with zero attached hydrogens (tertiary/aromatic N) is 2. The number of aliphatic hydroxyl groups excluding tert-OH is 1. The fourth-order valence-electron chi connectivity index (χ4n) is 2.02. The molecule has 2 aromatic rings. The van der Waals surface area contributed by atoms with Crippen molar-refractivity contribution >= 4 is 0 Å². The van der Waals surface area contributed by atoms with Crippen LogP contribution in [0.1, 0.15) is 37.8 Å². The van der Waals surface area contributed by atoms with Crippen LogP contribution >= 0.6 is 0 Å². The van der Waals surface area contributed by atoms with E-state index in [0.29, 0.717) is 13.0 Å². The predicted molar refractivity (Wildman–Crippen MR) is 73.9 cm³/mol. The number of benzene rings is 1. The normalized spacial score (nSPS) is 12.4. The van der Waals surface area contributed by atoms with Gasteiger partial charge < -0.3 is 14.4 Å². The number of hydrogen-bond acceptors (Lipinski definition) is 3. The zero-order valence-corrected chi connectivity index (χ0v) is 11.4. The van der Waals surface area contributed by atoms with Crippen molar-refractivity contribution in [2.24, 2.45) is 0 Å². The number of para-hydroxylation sites is 1. The Bertz CT molecular complexity index is 522. The molecule has 0 saturated heterocycles. The third-order valence-electron chi connectivity index (χ3n) is 3.16. The molecule has 0 aliphatic rings. The second-order valence-electron chi connectivity index (χ2n) is 4.38. The molecule has 1 heterocycles. The predicted octanol–water partition coefficient (Wildman–Crippen LogP) is 2.93. The Morgan fingerprint density at radius 2 is 2.11 bits per heavy atom. The molecule has 19 heavy (non-hydrogen) atoms. The number of aryl methyl sites for hydroxylation is 1. The number of rotatable bonds is 6. The Kier molecular flexibility index (Phi) is 4.58. The van der Waals surface area contributed by atoms with Gasteiger partial charge in [-0.15, -0.1) is 0 Å². The van der Waals surface area contributed by atoms with Crippen LogP contribution in [0.2, 0.25) is 0 Å². The highest BCUT2D eigenvalue weighted by atomic mass is 16.5. The smallest absolute Gasteiger partial charge is 0.146 e. The monoisotopic (exact) mass is 260 g/mol. The molecule has 0 aliphatic heterocycles. The summed E-state index contributed by atoms with van der Waals surface area (Å²) in [6.45, 7) is 5.30. The fourth-order valence-corrected chi connectivity index (χ4v) is 2.02. The van der Waals surface area contributed by atoms with Crippen LogP contribution in [-0.2, 0) is 13.2 Å². The molecular formula is C15H20N2O2. The maximum atomic E-state index is 9.97. The van der Waals surface area contributed by atoms with Crippen molar-refractivity contribution in [3.8, 4) is 5.75 Å². The van der Waals surface area contributed by atoms with Crippen molar-refractivity contribution in [1.29, 1.82) is 0 Å². The summed E-state index contributed by atoms with van der Waals surface area (Å²) >= 11 is 0. The molecule has 1 aromatic carbocycles. The number of hydrogen-bond donors (Lipinski definition) is 1. The van der Waals surface area contributed by atoms with Crippen molar-refractivity contribution in [3.63, 3.8) is 0 Å². The molecule has 0 fully saturated rings. The van der Waals surface area contributed by atoms with Gasteiger partial charge in [0.1, 0.15) is 18.2 Å². The van der Waals surface area contributed by atoms with Crippen LogP contribution in [0.3, 0.4) is 0 Å². The molecule has 1 unspecified atom stereocenters. The van der Waals surface area contributed by atoms with Crippen LogP contribution < -0.4 is 4.74 Å². The summed E-state index contributed by atoms with van der Waals surface area (Å²) in [6, 6.07) is 7.60. The van der Waals surface area contributed by atoms with Crippen LogP contribution in [0, 0.1) is 0 Å².